The van der Waals surface area contributed by atoms with E-state index in [4.69, 9.17) is 15.3 Å². The number of Topliss-reactive ketones (excluding diaryl/α,β-unsaturated/α-hetero) is 2. The third kappa shape index (κ3) is 8.96. The predicted octanol–water partition coefficient (Wildman–Crippen LogP) is 3.97. The lowest BCUT2D eigenvalue weighted by Gasteiger charge is -2.06. The number of carbonyl (C=O) groups is 2. The van der Waals surface area contributed by atoms with Crippen LogP contribution in [0, 0.1) is 0 Å². The molecule has 0 radical (unpaired) electrons. The molecule has 0 aliphatic rings. The van der Waals surface area contributed by atoms with Crippen LogP contribution in [0.5, 0.6) is 0 Å². The normalized spacial score (nSPS) is 9.48. The molecule has 5 heteroatoms. The van der Waals surface area contributed by atoms with Gasteiger partial charge in [-0.3, -0.25) is 9.59 Å². The Morgan fingerprint density at radius 2 is 1.28 bits per heavy atom. The summed E-state index contributed by atoms with van der Waals surface area (Å²) < 4.78 is 0. The van der Waals surface area contributed by atoms with Crippen molar-refractivity contribution < 1.29 is 24.9 Å². The summed E-state index contributed by atoms with van der Waals surface area (Å²) in [7, 11) is 0. The molecule has 0 aliphatic heterocycles. The summed E-state index contributed by atoms with van der Waals surface area (Å²) in [6.45, 7) is 10.6. The SMILES string of the molecule is C=Cc1cc(C(C)=O)ccc1CO.CCO.CCc1cc(C(C)=O)ccc1CO. The second-order valence-electron chi connectivity index (χ2n) is 6.20. The van der Waals surface area contributed by atoms with Crippen LogP contribution in [0.2, 0.25) is 0 Å². The van der Waals surface area contributed by atoms with Crippen LogP contribution in [0.4, 0.5) is 0 Å². The fourth-order valence-corrected chi connectivity index (χ4v) is 2.48. The largest absolute Gasteiger partial charge is 0.397 e. The first-order chi connectivity index (χ1) is 13.8. The van der Waals surface area contributed by atoms with Crippen molar-refractivity contribution in [1.82, 2.24) is 0 Å². The van der Waals surface area contributed by atoms with E-state index < -0.39 is 0 Å². The number of rotatable bonds is 6. The van der Waals surface area contributed by atoms with Gasteiger partial charge < -0.3 is 15.3 Å². The molecule has 0 unspecified atom stereocenters. The summed E-state index contributed by atoms with van der Waals surface area (Å²) in [4.78, 5) is 22.1. The van der Waals surface area contributed by atoms with E-state index >= 15 is 0 Å². The second kappa shape index (κ2) is 14.4. The van der Waals surface area contributed by atoms with Gasteiger partial charge in [0.2, 0.25) is 0 Å². The number of aryl methyl sites for hydroxylation is 1. The first-order valence-electron chi connectivity index (χ1n) is 9.50. The monoisotopic (exact) mass is 400 g/mol. The first-order valence-corrected chi connectivity index (χ1v) is 9.50. The lowest BCUT2D eigenvalue weighted by atomic mass is 10.0. The molecule has 0 heterocycles. The van der Waals surface area contributed by atoms with Gasteiger partial charge in [-0.1, -0.05) is 43.8 Å². The molecular weight excluding hydrogens is 368 g/mol. The average molecular weight is 401 g/mol. The minimum absolute atomic E-state index is 0.0209. The quantitative estimate of drug-likeness (QED) is 0.638. The predicted molar refractivity (Wildman–Crippen MR) is 117 cm³/mol. The smallest absolute Gasteiger partial charge is 0.159 e. The Labute approximate surface area is 173 Å². The summed E-state index contributed by atoms with van der Waals surface area (Å²) in [5.74, 6) is 0.0896. The van der Waals surface area contributed by atoms with Crippen molar-refractivity contribution in [3.63, 3.8) is 0 Å². The molecule has 2 rings (SSSR count). The summed E-state index contributed by atoms with van der Waals surface area (Å²) in [6.07, 6.45) is 2.48. The van der Waals surface area contributed by atoms with Gasteiger partial charge in [-0.05, 0) is 61.6 Å². The van der Waals surface area contributed by atoms with Crippen LogP contribution >= 0.6 is 0 Å². The highest BCUT2D eigenvalue weighted by molar-refractivity contribution is 5.95. The van der Waals surface area contributed by atoms with Gasteiger partial charge in [-0.15, -0.1) is 0 Å². The minimum atomic E-state index is -0.0282. The number of benzene rings is 2. The molecule has 0 bridgehead atoms. The van der Waals surface area contributed by atoms with Gasteiger partial charge >= 0.3 is 0 Å². The van der Waals surface area contributed by atoms with Gasteiger partial charge in [0.1, 0.15) is 0 Å². The van der Waals surface area contributed by atoms with E-state index in [2.05, 4.69) is 6.58 Å². The number of aliphatic hydroxyl groups is 3. The molecule has 0 amide bonds. The van der Waals surface area contributed by atoms with Crippen molar-refractivity contribution >= 4 is 17.6 Å². The number of hydrogen-bond donors (Lipinski definition) is 3. The van der Waals surface area contributed by atoms with Crippen LogP contribution in [0.3, 0.4) is 0 Å². The topological polar surface area (TPSA) is 94.8 Å². The highest BCUT2D eigenvalue weighted by atomic mass is 16.3. The Morgan fingerprint density at radius 1 is 0.828 bits per heavy atom. The summed E-state index contributed by atoms with van der Waals surface area (Å²) in [6, 6.07) is 10.6. The Kier molecular flexibility index (Phi) is 13.1. The van der Waals surface area contributed by atoms with Gasteiger partial charge in [0, 0.05) is 17.7 Å². The lowest BCUT2D eigenvalue weighted by molar-refractivity contribution is 0.100. The zero-order valence-electron chi connectivity index (χ0n) is 17.7. The van der Waals surface area contributed by atoms with Crippen LogP contribution in [0.15, 0.2) is 43.0 Å². The summed E-state index contributed by atoms with van der Waals surface area (Å²) >= 11 is 0. The van der Waals surface area contributed by atoms with E-state index in [1.807, 2.05) is 19.1 Å². The van der Waals surface area contributed by atoms with Gasteiger partial charge in [0.05, 0.1) is 13.2 Å². The fraction of sp³-hybridized carbons (Fsp3) is 0.333. The standard InChI is InChI=1S/C11H14O2.C11H12O2.C2H6O/c2*1-3-9-6-10(8(2)13)4-5-11(9)7-12;1-2-3/h4-6,12H,3,7H2,1-2H3;3-6,12H,1,7H2,2H3;3H,2H2,1H3. The molecule has 2 aromatic carbocycles. The highest BCUT2D eigenvalue weighted by Crippen LogP contribution is 2.14. The van der Waals surface area contributed by atoms with E-state index in [1.54, 1.807) is 44.2 Å². The Balaban J connectivity index is 0.000000477. The average Bonchev–Trinajstić information content (AvgIpc) is 2.73. The highest BCUT2D eigenvalue weighted by Gasteiger charge is 2.04. The Morgan fingerprint density at radius 3 is 1.66 bits per heavy atom. The van der Waals surface area contributed by atoms with E-state index in [0.717, 1.165) is 28.7 Å². The van der Waals surface area contributed by atoms with Gasteiger partial charge in [-0.25, -0.2) is 0 Å². The molecule has 0 saturated carbocycles. The van der Waals surface area contributed by atoms with E-state index in [1.165, 1.54) is 6.92 Å². The maximum atomic E-state index is 11.1. The molecule has 3 N–H and O–H groups in total. The van der Waals surface area contributed by atoms with Crippen LogP contribution < -0.4 is 0 Å². The van der Waals surface area contributed by atoms with E-state index in [0.29, 0.717) is 11.1 Å². The van der Waals surface area contributed by atoms with Crippen molar-refractivity contribution in [2.75, 3.05) is 6.61 Å². The number of hydrogen-bond acceptors (Lipinski definition) is 5. The molecule has 2 aromatic rings. The Hall–Kier alpha value is -2.60. The van der Waals surface area contributed by atoms with Crippen LogP contribution in [-0.2, 0) is 19.6 Å². The minimum Gasteiger partial charge on any atom is -0.397 e. The number of aliphatic hydroxyl groups excluding tert-OH is 3. The zero-order valence-corrected chi connectivity index (χ0v) is 17.7. The summed E-state index contributed by atoms with van der Waals surface area (Å²) in [5.41, 5.74) is 4.93. The van der Waals surface area contributed by atoms with Crippen molar-refractivity contribution in [2.24, 2.45) is 0 Å². The molecule has 0 spiro atoms. The third-order valence-corrected chi connectivity index (χ3v) is 4.11. The zero-order chi connectivity index (χ0) is 22.4. The molecular formula is C24H32O5. The molecule has 5 nitrogen and oxygen atoms in total. The lowest BCUT2D eigenvalue weighted by Crippen LogP contribution is -1.98. The van der Waals surface area contributed by atoms with E-state index in [9.17, 15) is 9.59 Å². The molecule has 0 aromatic heterocycles. The molecule has 29 heavy (non-hydrogen) atoms. The van der Waals surface area contributed by atoms with Gasteiger partial charge in [0.25, 0.3) is 0 Å². The van der Waals surface area contributed by atoms with Gasteiger partial charge in [0.15, 0.2) is 11.6 Å². The number of ketones is 2. The molecule has 0 fully saturated rings. The maximum absolute atomic E-state index is 11.1. The van der Waals surface area contributed by atoms with Crippen molar-refractivity contribution in [2.45, 2.75) is 47.3 Å². The third-order valence-electron chi connectivity index (χ3n) is 4.11. The van der Waals surface area contributed by atoms with Gasteiger partial charge in [-0.2, -0.15) is 0 Å². The van der Waals surface area contributed by atoms with Crippen LogP contribution in [-0.4, -0.2) is 33.5 Å². The van der Waals surface area contributed by atoms with Crippen molar-refractivity contribution in [1.29, 1.82) is 0 Å². The maximum Gasteiger partial charge on any atom is 0.159 e. The van der Waals surface area contributed by atoms with E-state index in [-0.39, 0.29) is 31.4 Å². The van der Waals surface area contributed by atoms with Crippen LogP contribution in [0.25, 0.3) is 6.08 Å². The fourth-order valence-electron chi connectivity index (χ4n) is 2.48. The Bertz CT molecular complexity index is 809. The first kappa shape index (κ1) is 26.4. The van der Waals surface area contributed by atoms with Crippen molar-refractivity contribution in [3.8, 4) is 0 Å². The number of carbonyl (C=O) groups excluding carboxylic acids is 2. The molecule has 0 saturated heterocycles. The van der Waals surface area contributed by atoms with Crippen molar-refractivity contribution in [3.05, 3.63) is 76.4 Å². The molecule has 0 atom stereocenters. The summed E-state index contributed by atoms with van der Waals surface area (Å²) in [5, 5.41) is 25.5. The second-order valence-corrected chi connectivity index (χ2v) is 6.20. The molecule has 158 valence electrons. The molecule has 0 aliphatic carbocycles. The van der Waals surface area contributed by atoms with Crippen LogP contribution in [0.1, 0.15) is 70.7 Å².